The third-order valence-electron chi connectivity index (χ3n) is 10.2. The number of fused-ring (bicyclic) bond motifs is 4. The van der Waals surface area contributed by atoms with Crippen molar-refractivity contribution < 1.29 is 33.4 Å². The van der Waals surface area contributed by atoms with Crippen molar-refractivity contribution in [1.29, 1.82) is 0 Å². The van der Waals surface area contributed by atoms with Crippen molar-refractivity contribution >= 4 is 45.9 Å². The van der Waals surface area contributed by atoms with E-state index >= 15 is 0 Å². The van der Waals surface area contributed by atoms with E-state index in [1.54, 1.807) is 36.4 Å². The van der Waals surface area contributed by atoms with Crippen molar-refractivity contribution in [3.05, 3.63) is 117 Å². The van der Waals surface area contributed by atoms with Gasteiger partial charge in [0, 0.05) is 97.5 Å². The number of anilines is 4. The molecule has 0 spiro atoms. The van der Waals surface area contributed by atoms with Gasteiger partial charge in [0.25, 0.3) is 0 Å². The van der Waals surface area contributed by atoms with Crippen LogP contribution in [0, 0.1) is 0 Å². The minimum absolute atomic E-state index is 0.151. The van der Waals surface area contributed by atoms with Crippen molar-refractivity contribution in [2.45, 2.75) is 12.8 Å². The molecule has 4 aromatic carbocycles. The maximum absolute atomic E-state index is 13.6. The molecule has 4 N–H and O–H groups in total. The first-order valence-electron chi connectivity index (χ1n) is 20.4. The zero-order chi connectivity index (χ0) is 41.7. The SMILES string of the molecule is CN(C)CCNc1cccc2c1C(=O)c1cccc(NCCCOCCOCCOCCCNc3cccc4c3C(=O)c3cccc(NCCN(C)C)c3C4=O)c1C2=O. The molecule has 0 fully saturated rings. The van der Waals surface area contributed by atoms with Crippen LogP contribution in [0.25, 0.3) is 0 Å². The van der Waals surface area contributed by atoms with Gasteiger partial charge in [-0.3, -0.25) is 19.2 Å². The van der Waals surface area contributed by atoms with Crippen molar-refractivity contribution in [3.8, 4) is 0 Å². The molecule has 0 bridgehead atoms. The Labute approximate surface area is 346 Å². The van der Waals surface area contributed by atoms with E-state index in [4.69, 9.17) is 14.2 Å². The average molecular weight is 805 g/mol. The molecule has 0 heterocycles. The number of carbonyl (C=O) groups is 4. The van der Waals surface area contributed by atoms with Crippen molar-refractivity contribution in [2.75, 3.05) is 128 Å². The minimum atomic E-state index is -0.157. The first-order valence-corrected chi connectivity index (χ1v) is 20.4. The van der Waals surface area contributed by atoms with Crippen LogP contribution in [0.5, 0.6) is 0 Å². The summed E-state index contributed by atoms with van der Waals surface area (Å²) in [5.41, 5.74) is 6.00. The van der Waals surface area contributed by atoms with E-state index in [0.29, 0.717) is 146 Å². The summed E-state index contributed by atoms with van der Waals surface area (Å²) < 4.78 is 17.1. The van der Waals surface area contributed by atoms with Gasteiger partial charge < -0.3 is 45.3 Å². The van der Waals surface area contributed by atoms with Gasteiger partial charge in [-0.2, -0.15) is 0 Å². The zero-order valence-electron chi connectivity index (χ0n) is 34.6. The standard InChI is InChI=1S/C46H56N6O7/c1-51(2)23-21-49-37-17-7-13-33-41(37)45(55)31-11-5-15-35(39(31)43(33)53)47-19-9-25-57-27-29-59-30-28-58-26-10-20-48-36-16-6-12-32-40(36)44(54)34-14-8-18-38(42(34)46(32)56)50-22-24-52(3)4/h5-8,11-18,47-50H,9-10,19-30H2,1-4H3. The van der Waals surface area contributed by atoms with Gasteiger partial charge >= 0.3 is 0 Å². The van der Waals surface area contributed by atoms with Gasteiger partial charge in [0.2, 0.25) is 0 Å². The molecule has 0 atom stereocenters. The normalized spacial score (nSPS) is 13.0. The Bertz CT molecular complexity index is 1990. The highest BCUT2D eigenvalue weighted by Crippen LogP contribution is 2.37. The lowest BCUT2D eigenvalue weighted by atomic mass is 9.82. The summed E-state index contributed by atoms with van der Waals surface area (Å²) in [5.74, 6) is -0.617. The number of carbonyl (C=O) groups excluding carboxylic acids is 4. The van der Waals surface area contributed by atoms with E-state index in [9.17, 15) is 19.2 Å². The first-order chi connectivity index (χ1) is 28.7. The molecule has 2 aliphatic carbocycles. The van der Waals surface area contributed by atoms with Crippen LogP contribution in [0.2, 0.25) is 0 Å². The molecule has 13 nitrogen and oxygen atoms in total. The van der Waals surface area contributed by atoms with Crippen LogP contribution in [0.3, 0.4) is 0 Å². The van der Waals surface area contributed by atoms with E-state index in [2.05, 4.69) is 31.1 Å². The number of nitrogens with one attached hydrogen (secondary N) is 4. The Morgan fingerprint density at radius 3 is 0.949 bits per heavy atom. The van der Waals surface area contributed by atoms with Crippen molar-refractivity contribution in [3.63, 3.8) is 0 Å². The number of nitrogens with zero attached hydrogens (tertiary/aromatic N) is 2. The Morgan fingerprint density at radius 2 is 0.661 bits per heavy atom. The first kappa shape index (κ1) is 43.1. The average Bonchev–Trinajstić information content (AvgIpc) is 3.22. The number of ether oxygens (including phenoxy) is 3. The topological polar surface area (TPSA) is 151 Å². The lowest BCUT2D eigenvalue weighted by Gasteiger charge is -2.23. The van der Waals surface area contributed by atoms with Crippen LogP contribution in [0.15, 0.2) is 72.8 Å². The number of rotatable bonds is 24. The monoisotopic (exact) mass is 804 g/mol. The predicted molar refractivity (Wildman–Crippen MR) is 232 cm³/mol. The molecular weight excluding hydrogens is 749 g/mol. The van der Waals surface area contributed by atoms with E-state index in [1.807, 2.05) is 64.6 Å². The Kier molecular flexibility index (Phi) is 15.4. The Hall–Kier alpha value is -5.44. The second kappa shape index (κ2) is 21.0. The molecule has 59 heavy (non-hydrogen) atoms. The van der Waals surface area contributed by atoms with Gasteiger partial charge in [0.15, 0.2) is 23.1 Å². The maximum atomic E-state index is 13.6. The van der Waals surface area contributed by atoms with Crippen LogP contribution in [0.1, 0.15) is 76.5 Å². The van der Waals surface area contributed by atoms with Crippen LogP contribution >= 0.6 is 0 Å². The van der Waals surface area contributed by atoms with E-state index in [-0.39, 0.29) is 23.1 Å². The lowest BCUT2D eigenvalue weighted by Crippen LogP contribution is -2.26. The van der Waals surface area contributed by atoms with Gasteiger partial charge in [0.1, 0.15) is 0 Å². The molecule has 0 saturated carbocycles. The predicted octanol–water partition coefficient (Wildman–Crippen LogP) is 5.54. The van der Waals surface area contributed by atoms with Crippen molar-refractivity contribution in [2.24, 2.45) is 0 Å². The Balaban J connectivity index is 0.839. The highest BCUT2D eigenvalue weighted by Gasteiger charge is 2.35. The largest absolute Gasteiger partial charge is 0.384 e. The second-order valence-corrected chi connectivity index (χ2v) is 15.1. The summed E-state index contributed by atoms with van der Waals surface area (Å²) >= 11 is 0. The van der Waals surface area contributed by atoms with Gasteiger partial charge in [0.05, 0.1) is 48.7 Å². The van der Waals surface area contributed by atoms with E-state index in [0.717, 1.165) is 13.1 Å². The molecular formula is C46H56N6O7. The fourth-order valence-electron chi connectivity index (χ4n) is 7.24. The van der Waals surface area contributed by atoms with Crippen LogP contribution < -0.4 is 21.3 Å². The molecule has 0 aliphatic heterocycles. The van der Waals surface area contributed by atoms with Gasteiger partial charge in [-0.15, -0.1) is 0 Å². The van der Waals surface area contributed by atoms with Crippen molar-refractivity contribution in [1.82, 2.24) is 9.80 Å². The highest BCUT2D eigenvalue weighted by atomic mass is 16.5. The summed E-state index contributed by atoms with van der Waals surface area (Å²) in [6.45, 7) is 6.86. The summed E-state index contributed by atoms with van der Waals surface area (Å²) in [7, 11) is 7.95. The molecule has 0 unspecified atom stereocenters. The quantitative estimate of drug-likeness (QED) is 0.0568. The molecule has 13 heteroatoms. The zero-order valence-corrected chi connectivity index (χ0v) is 34.6. The Morgan fingerprint density at radius 1 is 0.390 bits per heavy atom. The van der Waals surface area contributed by atoms with Crippen LogP contribution in [0.4, 0.5) is 22.7 Å². The smallest absolute Gasteiger partial charge is 0.196 e. The summed E-state index contributed by atoms with van der Waals surface area (Å²) in [5, 5.41) is 13.3. The third-order valence-corrected chi connectivity index (χ3v) is 10.2. The second-order valence-electron chi connectivity index (χ2n) is 15.1. The van der Waals surface area contributed by atoms with Gasteiger partial charge in [-0.25, -0.2) is 0 Å². The van der Waals surface area contributed by atoms with Gasteiger partial charge in [-0.1, -0.05) is 48.5 Å². The molecule has 0 amide bonds. The maximum Gasteiger partial charge on any atom is 0.196 e. The number of ketones is 4. The summed E-state index contributed by atoms with van der Waals surface area (Å²) in [6.07, 6.45) is 1.41. The molecule has 312 valence electrons. The molecule has 0 saturated heterocycles. The van der Waals surface area contributed by atoms with E-state index in [1.165, 1.54) is 0 Å². The van der Waals surface area contributed by atoms with Crippen LogP contribution in [-0.2, 0) is 14.2 Å². The molecule has 6 rings (SSSR count). The molecule has 2 aliphatic rings. The summed E-state index contributed by atoms with van der Waals surface area (Å²) in [6, 6.07) is 21.5. The highest BCUT2D eigenvalue weighted by molar-refractivity contribution is 6.32. The number of likely N-dealkylation sites (N-methyl/N-ethyl adjacent to an activating group) is 2. The minimum Gasteiger partial charge on any atom is -0.384 e. The number of hydrogen-bond acceptors (Lipinski definition) is 13. The fraction of sp³-hybridized carbons (Fsp3) is 0.391. The molecule has 0 radical (unpaired) electrons. The third kappa shape index (κ3) is 10.6. The van der Waals surface area contributed by atoms with E-state index < -0.39 is 0 Å². The number of hydrogen-bond donors (Lipinski definition) is 4. The summed E-state index contributed by atoms with van der Waals surface area (Å²) in [4.78, 5) is 58.6. The van der Waals surface area contributed by atoms with Crippen LogP contribution in [-0.4, -0.2) is 140 Å². The fourth-order valence-corrected chi connectivity index (χ4v) is 7.24. The van der Waals surface area contributed by atoms with Gasteiger partial charge in [-0.05, 0) is 65.3 Å². The lowest BCUT2D eigenvalue weighted by molar-refractivity contribution is 0.0145. The molecule has 4 aromatic rings. The number of benzene rings is 4. The molecule has 0 aromatic heterocycles.